The number of likely N-dealkylation sites (N-methyl/N-ethyl adjacent to an activating group) is 1. The molecule has 1 spiro atoms. The van der Waals surface area contributed by atoms with Crippen LogP contribution in [0.15, 0.2) is 66.7 Å². The van der Waals surface area contributed by atoms with Crippen LogP contribution >= 0.6 is 0 Å². The van der Waals surface area contributed by atoms with Gasteiger partial charge in [0.25, 0.3) is 5.91 Å². The number of carbonyl (C=O) groups is 3. The second-order valence-corrected chi connectivity index (χ2v) is 17.8. The van der Waals surface area contributed by atoms with Crippen molar-refractivity contribution in [3.8, 4) is 0 Å². The molecule has 1 saturated heterocycles. The molecule has 7 rings (SSSR count). The van der Waals surface area contributed by atoms with Crippen molar-refractivity contribution in [1.82, 2.24) is 4.90 Å². The quantitative estimate of drug-likeness (QED) is 0.401. The highest BCUT2D eigenvalue weighted by Gasteiger charge is 2.66. The molecule has 9 nitrogen and oxygen atoms in total. The van der Waals surface area contributed by atoms with Gasteiger partial charge in [0, 0.05) is 42.7 Å². The molecule has 4 heterocycles. The van der Waals surface area contributed by atoms with Crippen molar-refractivity contribution in [2.75, 3.05) is 23.5 Å². The van der Waals surface area contributed by atoms with Crippen LogP contribution in [0.2, 0.25) is 18.6 Å². The summed E-state index contributed by atoms with van der Waals surface area (Å²) in [6, 6.07) is 21.1. The van der Waals surface area contributed by atoms with Gasteiger partial charge in [-0.15, -0.1) is 0 Å². The minimum atomic E-state index is -3.00. The zero-order valence-electron chi connectivity index (χ0n) is 26.8. The number of aliphatic hydroxyl groups is 1. The molecule has 0 aliphatic carbocycles. The number of rotatable bonds is 5. The van der Waals surface area contributed by atoms with Crippen LogP contribution in [-0.2, 0) is 44.1 Å². The molecule has 46 heavy (non-hydrogen) atoms. The summed E-state index contributed by atoms with van der Waals surface area (Å²) in [4.78, 5) is 58.4. The molecule has 3 aromatic rings. The van der Waals surface area contributed by atoms with Gasteiger partial charge in [0.05, 0.1) is 36.5 Å². The number of hydrogen-bond donors (Lipinski definition) is 2. The number of benzene rings is 3. The minimum Gasteiger partial charge on any atom is -0.432 e. The first-order chi connectivity index (χ1) is 22.0. The summed E-state index contributed by atoms with van der Waals surface area (Å²) in [5, 5.41) is 10.2. The molecular weight excluding hydrogens is 598 g/mol. The van der Waals surface area contributed by atoms with Crippen molar-refractivity contribution in [3.05, 3.63) is 89.0 Å². The molecule has 0 saturated carbocycles. The van der Waals surface area contributed by atoms with Gasteiger partial charge in [0.15, 0.2) is 13.9 Å². The summed E-state index contributed by atoms with van der Waals surface area (Å²) in [6.45, 7) is 5.85. The average Bonchev–Trinajstić information content (AvgIpc) is 3.45. The number of anilines is 3. The van der Waals surface area contributed by atoms with Crippen molar-refractivity contribution in [2.24, 2.45) is 5.92 Å². The highest BCUT2D eigenvalue weighted by Crippen LogP contribution is 2.60. The standard InChI is InChI=1S/C36H41N3O6Si/c1-22-34(46(3,4)44)31(19-33(42)38-20-25-11-6-5-10-24(25)17-27(38)21-40)45-36(22)28-18-26(14-15-30(28)37(2)35(36)43)39-29-12-8-7-9-23(29)13-16-32(39)41/h5-12,14-15,18,22,27,31,34,40,44H,13,16-17,19-21H2,1-4H3/t22-,27-,31+,34-,36+/m0/s1. The lowest BCUT2D eigenvalue weighted by Crippen LogP contribution is -2.48. The molecule has 3 aromatic carbocycles. The third kappa shape index (κ3) is 4.65. The lowest BCUT2D eigenvalue weighted by molar-refractivity contribution is -0.150. The number of ether oxygens (including phenoxy) is 1. The van der Waals surface area contributed by atoms with Gasteiger partial charge in [-0.25, -0.2) is 0 Å². The van der Waals surface area contributed by atoms with Crippen LogP contribution in [0.4, 0.5) is 17.1 Å². The van der Waals surface area contributed by atoms with E-state index in [1.54, 1.807) is 21.7 Å². The van der Waals surface area contributed by atoms with Crippen LogP contribution in [-0.4, -0.2) is 66.6 Å². The van der Waals surface area contributed by atoms with Gasteiger partial charge in [0.1, 0.15) is 0 Å². The van der Waals surface area contributed by atoms with Gasteiger partial charge in [-0.3, -0.25) is 19.3 Å². The van der Waals surface area contributed by atoms with Crippen molar-refractivity contribution in [3.63, 3.8) is 0 Å². The van der Waals surface area contributed by atoms with Gasteiger partial charge in [-0.2, -0.15) is 0 Å². The Bertz CT molecular complexity index is 1740. The highest BCUT2D eigenvalue weighted by molar-refractivity contribution is 6.71. The Kier molecular flexibility index (Phi) is 7.47. The molecule has 240 valence electrons. The second kappa shape index (κ2) is 11.2. The number of aryl methyl sites for hydroxylation is 1. The highest BCUT2D eigenvalue weighted by atomic mass is 28.4. The van der Waals surface area contributed by atoms with E-state index in [9.17, 15) is 24.3 Å². The molecule has 10 heteroatoms. The topological polar surface area (TPSA) is 111 Å². The number of hydrogen-bond acceptors (Lipinski definition) is 6. The molecule has 5 atom stereocenters. The van der Waals surface area contributed by atoms with Gasteiger partial charge in [0.2, 0.25) is 11.8 Å². The summed E-state index contributed by atoms with van der Waals surface area (Å²) in [5.74, 6) is -0.869. The van der Waals surface area contributed by atoms with Crippen molar-refractivity contribution < 1.29 is 29.0 Å². The minimum absolute atomic E-state index is 0.0161. The fourth-order valence-corrected chi connectivity index (χ4v) is 11.1. The van der Waals surface area contributed by atoms with Crippen LogP contribution < -0.4 is 9.80 Å². The van der Waals surface area contributed by atoms with Gasteiger partial charge in [-0.05, 0) is 66.9 Å². The molecule has 3 amide bonds. The number of para-hydroxylation sites is 1. The predicted molar refractivity (Wildman–Crippen MR) is 177 cm³/mol. The van der Waals surface area contributed by atoms with Gasteiger partial charge < -0.3 is 24.4 Å². The van der Waals surface area contributed by atoms with Crippen molar-refractivity contribution in [1.29, 1.82) is 0 Å². The second-order valence-electron chi connectivity index (χ2n) is 13.8. The molecule has 0 bridgehead atoms. The summed E-state index contributed by atoms with van der Waals surface area (Å²) >= 11 is 0. The van der Waals surface area contributed by atoms with E-state index in [1.807, 2.05) is 86.7 Å². The fourth-order valence-electron chi connectivity index (χ4n) is 8.55. The lowest BCUT2D eigenvalue weighted by Gasteiger charge is -2.37. The first-order valence-corrected chi connectivity index (χ1v) is 19.2. The van der Waals surface area contributed by atoms with Crippen LogP contribution in [0.25, 0.3) is 0 Å². The maximum absolute atomic E-state index is 14.3. The molecule has 2 N–H and O–H groups in total. The monoisotopic (exact) mass is 639 g/mol. The summed E-state index contributed by atoms with van der Waals surface area (Å²) < 4.78 is 6.88. The Morgan fingerprint density at radius 2 is 1.67 bits per heavy atom. The molecule has 0 aromatic heterocycles. The Morgan fingerprint density at radius 3 is 2.39 bits per heavy atom. The summed E-state index contributed by atoms with van der Waals surface area (Å²) in [6.07, 6.45) is 0.893. The molecule has 1 fully saturated rings. The van der Waals surface area contributed by atoms with E-state index in [0.29, 0.717) is 42.7 Å². The van der Waals surface area contributed by atoms with Crippen LogP contribution in [0.5, 0.6) is 0 Å². The van der Waals surface area contributed by atoms with E-state index < -0.39 is 31.5 Å². The molecule has 0 radical (unpaired) electrons. The SMILES string of the molecule is C[C@H]1[C@H]([Si](C)(C)O)[C@@H](CC(=O)N2Cc3ccccc3C[C@H]2CO)O[C@]12C(=O)N(C)c1ccc(N3C(=O)CCc4ccccc43)cc12. The maximum Gasteiger partial charge on any atom is 0.264 e. The van der Waals surface area contributed by atoms with Gasteiger partial charge >= 0.3 is 0 Å². The Morgan fingerprint density at radius 1 is 0.978 bits per heavy atom. The zero-order valence-corrected chi connectivity index (χ0v) is 27.8. The largest absolute Gasteiger partial charge is 0.432 e. The normalized spacial score (nSPS) is 27.2. The maximum atomic E-state index is 14.3. The Hall–Kier alpha value is -3.83. The fraction of sp³-hybridized carbons (Fsp3) is 0.417. The number of amides is 3. The number of fused-ring (bicyclic) bond motifs is 4. The Balaban J connectivity index is 1.26. The van der Waals surface area contributed by atoms with Gasteiger partial charge in [-0.1, -0.05) is 49.4 Å². The van der Waals surface area contributed by atoms with E-state index in [1.165, 1.54) is 0 Å². The predicted octanol–water partition coefficient (Wildman–Crippen LogP) is 4.41. The first-order valence-electron chi connectivity index (χ1n) is 16.2. The van der Waals surface area contributed by atoms with E-state index in [4.69, 9.17) is 4.74 Å². The smallest absolute Gasteiger partial charge is 0.264 e. The average molecular weight is 640 g/mol. The molecule has 4 aliphatic rings. The van der Waals surface area contributed by atoms with Crippen LogP contribution in [0, 0.1) is 5.92 Å². The first kappa shape index (κ1) is 30.8. The lowest BCUT2D eigenvalue weighted by atomic mass is 9.82. The Labute approximate surface area is 270 Å². The van der Waals surface area contributed by atoms with E-state index in [0.717, 1.165) is 22.4 Å². The number of carbonyl (C=O) groups excluding carboxylic acids is 3. The van der Waals surface area contributed by atoms with Crippen LogP contribution in [0.3, 0.4) is 0 Å². The number of nitrogens with zero attached hydrogens (tertiary/aromatic N) is 3. The van der Waals surface area contributed by atoms with Crippen LogP contribution in [0.1, 0.15) is 42.0 Å². The van der Waals surface area contributed by atoms with E-state index >= 15 is 0 Å². The van der Waals surface area contributed by atoms with E-state index in [-0.39, 0.29) is 36.8 Å². The molecule has 0 unspecified atom stereocenters. The zero-order chi connectivity index (χ0) is 32.5. The summed E-state index contributed by atoms with van der Waals surface area (Å²) in [7, 11) is -1.28. The summed E-state index contributed by atoms with van der Waals surface area (Å²) in [5.41, 5.74) is 4.24. The third-order valence-corrected chi connectivity index (χ3v) is 13.2. The molecule has 4 aliphatic heterocycles. The third-order valence-electron chi connectivity index (χ3n) is 10.7. The van der Waals surface area contributed by atoms with Crippen molar-refractivity contribution >= 4 is 43.1 Å². The van der Waals surface area contributed by atoms with Crippen molar-refractivity contribution in [2.45, 2.75) is 75.5 Å². The number of aliphatic hydroxyl groups excluding tert-OH is 1. The molecular formula is C36H41N3O6Si. The van der Waals surface area contributed by atoms with E-state index in [2.05, 4.69) is 0 Å².